The van der Waals surface area contributed by atoms with Crippen molar-refractivity contribution in [3.63, 3.8) is 0 Å². The first-order valence-corrected chi connectivity index (χ1v) is 6.09. The quantitative estimate of drug-likeness (QED) is 0.922. The minimum absolute atomic E-state index is 0.218. The van der Waals surface area contributed by atoms with Crippen molar-refractivity contribution >= 4 is 0 Å². The largest absolute Gasteiger partial charge is 0.573 e. The Morgan fingerprint density at radius 2 is 1.67 bits per heavy atom. The lowest BCUT2D eigenvalue weighted by molar-refractivity contribution is -0.274. The van der Waals surface area contributed by atoms with Crippen molar-refractivity contribution < 1.29 is 22.6 Å². The maximum absolute atomic E-state index is 12.0. The highest BCUT2D eigenvalue weighted by Crippen LogP contribution is 2.23. The first kappa shape index (κ1) is 15.1. The second kappa shape index (κ2) is 6.45. The Morgan fingerprint density at radius 1 is 1.00 bits per heavy atom. The standard InChI is InChI=1S/C14H13F3N2O2/c15-14(16,17)21-12-4-1-10(2-5-12)9-20-13-6-3-11(7-18)19-8-13/h1-6,8H,7,9,18H2. The fraction of sp³-hybridized carbons (Fsp3) is 0.214. The molecule has 0 bridgehead atoms. The van der Waals surface area contributed by atoms with Gasteiger partial charge < -0.3 is 15.2 Å². The summed E-state index contributed by atoms with van der Waals surface area (Å²) in [6, 6.07) is 8.96. The molecule has 1 aromatic carbocycles. The third-order valence-corrected chi connectivity index (χ3v) is 2.57. The number of benzene rings is 1. The summed E-state index contributed by atoms with van der Waals surface area (Å²) < 4.78 is 45.3. The zero-order valence-electron chi connectivity index (χ0n) is 10.9. The van der Waals surface area contributed by atoms with Crippen LogP contribution in [0.3, 0.4) is 0 Å². The summed E-state index contributed by atoms with van der Waals surface area (Å²) in [5.74, 6) is 0.294. The molecule has 0 aliphatic carbocycles. The Kier molecular flexibility index (Phi) is 4.64. The number of aromatic nitrogens is 1. The molecule has 0 radical (unpaired) electrons. The molecular formula is C14H13F3N2O2. The fourth-order valence-corrected chi connectivity index (χ4v) is 1.57. The second-order valence-electron chi connectivity index (χ2n) is 4.17. The fourth-order valence-electron chi connectivity index (χ4n) is 1.57. The van der Waals surface area contributed by atoms with Gasteiger partial charge in [-0.3, -0.25) is 4.98 Å². The molecule has 0 unspecified atom stereocenters. The molecule has 0 saturated heterocycles. The van der Waals surface area contributed by atoms with Gasteiger partial charge >= 0.3 is 6.36 Å². The summed E-state index contributed by atoms with van der Waals surface area (Å²) in [6.45, 7) is 0.566. The van der Waals surface area contributed by atoms with Crippen LogP contribution in [0.15, 0.2) is 42.6 Å². The van der Waals surface area contributed by atoms with Crippen molar-refractivity contribution in [2.75, 3.05) is 0 Å². The first-order valence-electron chi connectivity index (χ1n) is 6.09. The summed E-state index contributed by atoms with van der Waals surface area (Å²) in [5.41, 5.74) is 6.89. The molecule has 2 aromatic rings. The van der Waals surface area contributed by atoms with E-state index >= 15 is 0 Å². The monoisotopic (exact) mass is 298 g/mol. The van der Waals surface area contributed by atoms with Gasteiger partial charge in [-0.25, -0.2) is 0 Å². The Hall–Kier alpha value is -2.28. The predicted octanol–water partition coefficient (Wildman–Crippen LogP) is 3.02. The molecule has 0 spiro atoms. The number of alkyl halides is 3. The van der Waals surface area contributed by atoms with Crippen molar-refractivity contribution in [3.8, 4) is 11.5 Å². The van der Waals surface area contributed by atoms with E-state index in [9.17, 15) is 13.2 Å². The smallest absolute Gasteiger partial charge is 0.487 e. The van der Waals surface area contributed by atoms with Crippen molar-refractivity contribution in [1.29, 1.82) is 0 Å². The normalized spacial score (nSPS) is 11.2. The molecule has 7 heteroatoms. The Labute approximate surface area is 119 Å². The lowest BCUT2D eigenvalue weighted by Crippen LogP contribution is -2.17. The van der Waals surface area contributed by atoms with Gasteiger partial charge in [0, 0.05) is 6.54 Å². The van der Waals surface area contributed by atoms with Gasteiger partial charge in [-0.1, -0.05) is 12.1 Å². The number of halogens is 3. The number of rotatable bonds is 5. The van der Waals surface area contributed by atoms with E-state index in [1.54, 1.807) is 18.3 Å². The second-order valence-corrected chi connectivity index (χ2v) is 4.17. The van der Waals surface area contributed by atoms with Gasteiger partial charge in [-0.15, -0.1) is 13.2 Å². The molecule has 0 aliphatic rings. The van der Waals surface area contributed by atoms with Crippen LogP contribution in [0.25, 0.3) is 0 Å². The van der Waals surface area contributed by atoms with E-state index in [0.717, 1.165) is 5.69 Å². The van der Waals surface area contributed by atoms with E-state index in [0.29, 0.717) is 17.9 Å². The number of hydrogen-bond acceptors (Lipinski definition) is 4. The Bertz CT molecular complexity index is 568. The Balaban J connectivity index is 1.91. The highest BCUT2D eigenvalue weighted by molar-refractivity contribution is 5.28. The molecule has 0 aliphatic heterocycles. The van der Waals surface area contributed by atoms with Crippen LogP contribution in [-0.4, -0.2) is 11.3 Å². The lowest BCUT2D eigenvalue weighted by Gasteiger charge is -2.10. The van der Waals surface area contributed by atoms with E-state index in [4.69, 9.17) is 10.5 Å². The van der Waals surface area contributed by atoms with Crippen LogP contribution in [0.4, 0.5) is 13.2 Å². The Morgan fingerprint density at radius 3 is 2.19 bits per heavy atom. The van der Waals surface area contributed by atoms with E-state index in [1.807, 2.05) is 0 Å². The highest BCUT2D eigenvalue weighted by atomic mass is 19.4. The van der Waals surface area contributed by atoms with Gasteiger partial charge in [0.1, 0.15) is 18.1 Å². The lowest BCUT2D eigenvalue weighted by atomic mass is 10.2. The van der Waals surface area contributed by atoms with E-state index in [-0.39, 0.29) is 12.4 Å². The zero-order chi connectivity index (χ0) is 15.3. The number of ether oxygens (including phenoxy) is 2. The average molecular weight is 298 g/mol. The van der Waals surface area contributed by atoms with Crippen LogP contribution in [0.5, 0.6) is 11.5 Å². The van der Waals surface area contributed by atoms with Gasteiger partial charge in [-0.05, 0) is 29.8 Å². The molecule has 1 aromatic heterocycles. The van der Waals surface area contributed by atoms with Crippen LogP contribution in [0.1, 0.15) is 11.3 Å². The van der Waals surface area contributed by atoms with Gasteiger partial charge in [0.15, 0.2) is 0 Å². The number of hydrogen-bond donors (Lipinski definition) is 1. The highest BCUT2D eigenvalue weighted by Gasteiger charge is 2.30. The zero-order valence-corrected chi connectivity index (χ0v) is 10.9. The van der Waals surface area contributed by atoms with Crippen molar-refractivity contribution in [1.82, 2.24) is 4.98 Å². The summed E-state index contributed by atoms with van der Waals surface area (Å²) >= 11 is 0. The van der Waals surface area contributed by atoms with Gasteiger partial charge in [0.2, 0.25) is 0 Å². The van der Waals surface area contributed by atoms with Crippen molar-refractivity contribution in [3.05, 3.63) is 53.9 Å². The van der Waals surface area contributed by atoms with Crippen molar-refractivity contribution in [2.24, 2.45) is 5.73 Å². The van der Waals surface area contributed by atoms with Crippen LogP contribution < -0.4 is 15.2 Å². The topological polar surface area (TPSA) is 57.4 Å². The minimum atomic E-state index is -4.69. The molecule has 0 atom stereocenters. The van der Waals surface area contributed by atoms with E-state index in [1.165, 1.54) is 24.3 Å². The van der Waals surface area contributed by atoms with E-state index in [2.05, 4.69) is 9.72 Å². The summed E-state index contributed by atoms with van der Waals surface area (Å²) in [7, 11) is 0. The van der Waals surface area contributed by atoms with Gasteiger partial charge in [0.25, 0.3) is 0 Å². The summed E-state index contributed by atoms with van der Waals surface area (Å²) in [5, 5.41) is 0. The van der Waals surface area contributed by atoms with Gasteiger partial charge in [-0.2, -0.15) is 0 Å². The molecule has 1 heterocycles. The predicted molar refractivity (Wildman–Crippen MR) is 69.6 cm³/mol. The van der Waals surface area contributed by atoms with Crippen molar-refractivity contribution in [2.45, 2.75) is 19.5 Å². The summed E-state index contributed by atoms with van der Waals surface area (Å²) in [4.78, 5) is 4.07. The number of pyridine rings is 1. The summed E-state index contributed by atoms with van der Waals surface area (Å²) in [6.07, 6.45) is -3.14. The third kappa shape index (κ3) is 4.96. The van der Waals surface area contributed by atoms with Crippen LogP contribution >= 0.6 is 0 Å². The molecule has 0 fully saturated rings. The van der Waals surface area contributed by atoms with E-state index < -0.39 is 6.36 Å². The SMILES string of the molecule is NCc1ccc(OCc2ccc(OC(F)(F)F)cc2)cn1. The molecule has 4 nitrogen and oxygen atoms in total. The number of nitrogens with two attached hydrogens (primary N) is 1. The maximum atomic E-state index is 12.0. The molecule has 2 N–H and O–H groups in total. The first-order chi connectivity index (χ1) is 9.96. The van der Waals surface area contributed by atoms with Crippen LogP contribution in [0.2, 0.25) is 0 Å². The molecule has 0 saturated carbocycles. The molecular weight excluding hydrogens is 285 g/mol. The number of nitrogens with zero attached hydrogens (tertiary/aromatic N) is 1. The molecule has 21 heavy (non-hydrogen) atoms. The van der Waals surface area contributed by atoms with Crippen LogP contribution in [0, 0.1) is 0 Å². The molecule has 2 rings (SSSR count). The maximum Gasteiger partial charge on any atom is 0.573 e. The van der Waals surface area contributed by atoms with Crippen LogP contribution in [-0.2, 0) is 13.2 Å². The molecule has 112 valence electrons. The minimum Gasteiger partial charge on any atom is -0.487 e. The third-order valence-electron chi connectivity index (χ3n) is 2.57. The van der Waals surface area contributed by atoms with Gasteiger partial charge in [0.05, 0.1) is 11.9 Å². The average Bonchev–Trinajstić information content (AvgIpc) is 2.45. The molecule has 0 amide bonds.